The molecule has 0 bridgehead atoms. The van der Waals surface area contributed by atoms with Gasteiger partial charge in [-0.05, 0) is 68.7 Å². The molecule has 0 aliphatic carbocycles. The van der Waals surface area contributed by atoms with Gasteiger partial charge in [-0.2, -0.15) is 0 Å². The number of aryl methyl sites for hydroxylation is 2. The lowest BCUT2D eigenvalue weighted by Crippen LogP contribution is -2.51. The van der Waals surface area contributed by atoms with Crippen molar-refractivity contribution in [1.82, 2.24) is 4.90 Å². The zero-order valence-electron chi connectivity index (χ0n) is 18.3. The van der Waals surface area contributed by atoms with Crippen molar-refractivity contribution in [2.45, 2.75) is 46.1 Å². The number of hydrogen-bond acceptors (Lipinski definition) is 3. The Bertz CT molecular complexity index is 981. The van der Waals surface area contributed by atoms with Crippen molar-refractivity contribution in [3.63, 3.8) is 0 Å². The Morgan fingerprint density at radius 2 is 1.73 bits per heavy atom. The molecule has 0 aromatic heterocycles. The molecule has 1 aliphatic heterocycles. The van der Waals surface area contributed by atoms with Crippen LogP contribution in [0.1, 0.15) is 36.5 Å². The van der Waals surface area contributed by atoms with Crippen molar-refractivity contribution in [3.05, 3.63) is 65.2 Å². The molecule has 1 aliphatic rings. The van der Waals surface area contributed by atoms with E-state index in [0.717, 1.165) is 30.4 Å². The molecular weight excluding hydrogens is 396 g/mol. The number of likely N-dealkylation sites (tertiary alicyclic amines) is 1. The average molecular weight is 429 g/mol. The zero-order chi connectivity index (χ0) is 21.9. The van der Waals surface area contributed by atoms with Crippen molar-refractivity contribution >= 4 is 21.6 Å². The third-order valence-electron chi connectivity index (χ3n) is 5.96. The Hall–Kier alpha value is -2.34. The molecule has 2 aromatic rings. The van der Waals surface area contributed by atoms with Gasteiger partial charge in [-0.25, -0.2) is 8.42 Å². The summed E-state index contributed by atoms with van der Waals surface area (Å²) in [6.45, 7) is 6.84. The lowest BCUT2D eigenvalue weighted by molar-refractivity contribution is -0.133. The number of benzene rings is 2. The summed E-state index contributed by atoms with van der Waals surface area (Å²) in [5, 5.41) is 0. The molecule has 0 N–H and O–H groups in total. The molecule has 0 radical (unpaired) electrons. The second kappa shape index (κ2) is 9.21. The molecule has 0 saturated carbocycles. The summed E-state index contributed by atoms with van der Waals surface area (Å²) in [5.74, 6) is 0.427. The monoisotopic (exact) mass is 428 g/mol. The van der Waals surface area contributed by atoms with Crippen molar-refractivity contribution in [2.24, 2.45) is 5.92 Å². The molecule has 5 nitrogen and oxygen atoms in total. The summed E-state index contributed by atoms with van der Waals surface area (Å²) in [7, 11) is -3.61. The molecule has 1 heterocycles. The third kappa shape index (κ3) is 5.22. The number of sulfonamides is 1. The number of nitrogens with zero attached hydrogens (tertiary/aromatic N) is 2. The molecule has 2 aromatic carbocycles. The van der Waals surface area contributed by atoms with Gasteiger partial charge in [0.2, 0.25) is 15.9 Å². The first kappa shape index (κ1) is 22.3. The van der Waals surface area contributed by atoms with Crippen LogP contribution in [0.3, 0.4) is 0 Å². The highest BCUT2D eigenvalue weighted by molar-refractivity contribution is 7.92. The average Bonchev–Trinajstić information content (AvgIpc) is 2.70. The van der Waals surface area contributed by atoms with Gasteiger partial charge in [-0.3, -0.25) is 9.10 Å². The second-order valence-electron chi connectivity index (χ2n) is 8.48. The molecule has 1 saturated heterocycles. The molecule has 1 atom stereocenters. The molecule has 30 heavy (non-hydrogen) atoms. The minimum absolute atomic E-state index is 0.125. The van der Waals surface area contributed by atoms with E-state index in [2.05, 4.69) is 24.3 Å². The lowest BCUT2D eigenvalue weighted by atomic mass is 9.90. The lowest BCUT2D eigenvalue weighted by Gasteiger charge is -2.37. The zero-order valence-corrected chi connectivity index (χ0v) is 19.2. The van der Waals surface area contributed by atoms with Crippen LogP contribution in [0.5, 0.6) is 0 Å². The normalized spacial score (nSPS) is 16.3. The van der Waals surface area contributed by atoms with Crippen molar-refractivity contribution < 1.29 is 13.2 Å². The fourth-order valence-electron chi connectivity index (χ4n) is 4.30. The molecule has 1 amide bonds. The summed E-state index contributed by atoms with van der Waals surface area (Å²) in [6.07, 6.45) is 4.08. The van der Waals surface area contributed by atoms with Crippen LogP contribution < -0.4 is 4.31 Å². The molecule has 0 spiro atoms. The highest BCUT2D eigenvalue weighted by Crippen LogP contribution is 2.28. The first-order chi connectivity index (χ1) is 14.2. The summed E-state index contributed by atoms with van der Waals surface area (Å²) in [4.78, 5) is 15.1. The highest BCUT2D eigenvalue weighted by atomic mass is 32.2. The summed E-state index contributed by atoms with van der Waals surface area (Å²) >= 11 is 0. The highest BCUT2D eigenvalue weighted by Gasteiger charge is 2.34. The van der Waals surface area contributed by atoms with E-state index in [0.29, 0.717) is 24.7 Å². The van der Waals surface area contributed by atoms with Gasteiger partial charge in [0, 0.05) is 13.1 Å². The van der Waals surface area contributed by atoms with Gasteiger partial charge in [0.25, 0.3) is 0 Å². The first-order valence-electron chi connectivity index (χ1n) is 10.6. The van der Waals surface area contributed by atoms with Crippen LogP contribution in [0.15, 0.2) is 48.5 Å². The van der Waals surface area contributed by atoms with E-state index in [1.54, 1.807) is 6.92 Å². The van der Waals surface area contributed by atoms with Crippen LogP contribution in [0.2, 0.25) is 0 Å². The number of carbonyl (C=O) groups is 1. The van der Waals surface area contributed by atoms with Crippen molar-refractivity contribution in [3.8, 4) is 0 Å². The van der Waals surface area contributed by atoms with Gasteiger partial charge in [-0.15, -0.1) is 0 Å². The van der Waals surface area contributed by atoms with E-state index in [4.69, 9.17) is 0 Å². The Morgan fingerprint density at radius 1 is 1.10 bits per heavy atom. The van der Waals surface area contributed by atoms with E-state index in [1.165, 1.54) is 16.1 Å². The minimum atomic E-state index is -3.61. The quantitative estimate of drug-likeness (QED) is 0.700. The number of carbonyl (C=O) groups excluding carboxylic acids is 1. The fraction of sp³-hybridized carbons (Fsp3) is 0.458. The van der Waals surface area contributed by atoms with E-state index in [1.807, 2.05) is 43.0 Å². The molecule has 1 unspecified atom stereocenters. The number of amides is 1. The fourth-order valence-corrected chi connectivity index (χ4v) is 5.52. The predicted molar refractivity (Wildman–Crippen MR) is 122 cm³/mol. The Kier molecular flexibility index (Phi) is 6.86. The smallest absolute Gasteiger partial charge is 0.246 e. The van der Waals surface area contributed by atoms with Gasteiger partial charge in [0.15, 0.2) is 0 Å². The summed E-state index contributed by atoms with van der Waals surface area (Å²) < 4.78 is 26.6. The van der Waals surface area contributed by atoms with E-state index in [-0.39, 0.29) is 5.91 Å². The van der Waals surface area contributed by atoms with Gasteiger partial charge in [0.05, 0.1) is 11.9 Å². The van der Waals surface area contributed by atoms with E-state index >= 15 is 0 Å². The van der Waals surface area contributed by atoms with Crippen molar-refractivity contribution in [1.29, 1.82) is 0 Å². The maximum absolute atomic E-state index is 13.2. The van der Waals surface area contributed by atoms with Crippen LogP contribution in [0.25, 0.3) is 0 Å². The molecule has 6 heteroatoms. The van der Waals surface area contributed by atoms with Crippen LogP contribution in [-0.2, 0) is 21.2 Å². The Labute approximate surface area is 180 Å². The van der Waals surface area contributed by atoms with E-state index in [9.17, 15) is 13.2 Å². The minimum Gasteiger partial charge on any atom is -0.341 e. The third-order valence-corrected chi connectivity index (χ3v) is 7.19. The number of rotatable bonds is 6. The summed E-state index contributed by atoms with van der Waals surface area (Å²) in [6, 6.07) is 15.3. The standard InChI is InChI=1S/C24H32N2O3S/c1-18-10-11-19(2)23(16-18)26(30(4,28)29)20(3)24(27)25-14-12-22(13-15-25)17-21-8-6-5-7-9-21/h5-11,16,20,22H,12-15,17H2,1-4H3. The van der Waals surface area contributed by atoms with Gasteiger partial charge in [0.1, 0.15) is 6.04 Å². The SMILES string of the molecule is Cc1ccc(C)c(N(C(C)C(=O)N2CCC(Cc3ccccc3)CC2)S(C)(=O)=O)c1. The predicted octanol–water partition coefficient (Wildman–Crippen LogP) is 3.94. The van der Waals surface area contributed by atoms with Crippen LogP contribution in [-0.4, -0.2) is 44.6 Å². The summed E-state index contributed by atoms with van der Waals surface area (Å²) in [5.41, 5.74) is 3.71. The van der Waals surface area contributed by atoms with Crippen LogP contribution in [0.4, 0.5) is 5.69 Å². The molecule has 162 valence electrons. The number of hydrogen-bond donors (Lipinski definition) is 0. The number of piperidine rings is 1. The maximum Gasteiger partial charge on any atom is 0.246 e. The Morgan fingerprint density at radius 3 is 2.33 bits per heavy atom. The van der Waals surface area contributed by atoms with Crippen molar-refractivity contribution in [2.75, 3.05) is 23.7 Å². The van der Waals surface area contributed by atoms with Gasteiger partial charge >= 0.3 is 0 Å². The first-order valence-corrected chi connectivity index (χ1v) is 12.4. The Balaban J connectivity index is 1.71. The molecule has 3 rings (SSSR count). The van der Waals surface area contributed by atoms with E-state index < -0.39 is 16.1 Å². The molecular formula is C24H32N2O3S. The number of anilines is 1. The van der Waals surface area contributed by atoms with Gasteiger partial charge < -0.3 is 4.90 Å². The van der Waals surface area contributed by atoms with Crippen LogP contribution >= 0.6 is 0 Å². The molecule has 1 fully saturated rings. The topological polar surface area (TPSA) is 57.7 Å². The largest absolute Gasteiger partial charge is 0.341 e. The second-order valence-corrected chi connectivity index (χ2v) is 10.3. The van der Waals surface area contributed by atoms with Gasteiger partial charge in [-0.1, -0.05) is 42.5 Å². The maximum atomic E-state index is 13.2. The van der Waals surface area contributed by atoms with Crippen LogP contribution in [0, 0.1) is 19.8 Å².